The van der Waals surface area contributed by atoms with Crippen LogP contribution in [-0.2, 0) is 19.1 Å². The number of carbonyl (C=O) groups excluding carboxylic acids is 2. The van der Waals surface area contributed by atoms with Gasteiger partial charge in [-0.3, -0.25) is 4.79 Å². The average molecular weight is 228 g/mol. The lowest BCUT2D eigenvalue weighted by molar-refractivity contribution is -0.157. The molecule has 92 valence electrons. The molecule has 0 aliphatic heterocycles. The Morgan fingerprint density at radius 2 is 1.75 bits per heavy atom. The van der Waals surface area contributed by atoms with Crippen molar-refractivity contribution in [1.29, 1.82) is 0 Å². The standard InChI is InChI=1S/C12H20O4/c1-5-7-10(13)15-8-9-16-11(14)12(3,4)6-2/h5,7H,6,8-9H2,1-4H3/b7-5+. The molecule has 4 nitrogen and oxygen atoms in total. The maximum absolute atomic E-state index is 11.5. The highest BCUT2D eigenvalue weighted by molar-refractivity contribution is 5.81. The summed E-state index contributed by atoms with van der Waals surface area (Å²) in [4.78, 5) is 22.4. The summed E-state index contributed by atoms with van der Waals surface area (Å²) in [6.07, 6.45) is 3.62. The number of esters is 2. The molecule has 0 saturated heterocycles. The van der Waals surface area contributed by atoms with Gasteiger partial charge in [0.2, 0.25) is 0 Å². The molecule has 0 aromatic rings. The van der Waals surface area contributed by atoms with Gasteiger partial charge < -0.3 is 9.47 Å². The quantitative estimate of drug-likeness (QED) is 0.397. The molecule has 0 fully saturated rings. The first-order valence-corrected chi connectivity index (χ1v) is 5.40. The molecule has 0 amide bonds. The fraction of sp³-hybridized carbons (Fsp3) is 0.667. The van der Waals surface area contributed by atoms with Gasteiger partial charge in [0.15, 0.2) is 0 Å². The molecule has 0 rings (SSSR count). The van der Waals surface area contributed by atoms with Crippen LogP contribution in [0, 0.1) is 5.41 Å². The minimum atomic E-state index is -0.479. The average Bonchev–Trinajstić information content (AvgIpc) is 2.24. The van der Waals surface area contributed by atoms with Crippen molar-refractivity contribution in [1.82, 2.24) is 0 Å². The molecule has 0 aromatic carbocycles. The van der Waals surface area contributed by atoms with Crippen molar-refractivity contribution in [3.63, 3.8) is 0 Å². The number of hydrogen-bond acceptors (Lipinski definition) is 4. The van der Waals surface area contributed by atoms with Crippen LogP contribution in [0.4, 0.5) is 0 Å². The summed E-state index contributed by atoms with van der Waals surface area (Å²) in [5, 5.41) is 0. The van der Waals surface area contributed by atoms with E-state index >= 15 is 0 Å². The van der Waals surface area contributed by atoms with Gasteiger partial charge in [0.1, 0.15) is 13.2 Å². The van der Waals surface area contributed by atoms with Crippen molar-refractivity contribution in [2.75, 3.05) is 13.2 Å². The van der Waals surface area contributed by atoms with Crippen molar-refractivity contribution >= 4 is 11.9 Å². The first kappa shape index (κ1) is 14.7. The van der Waals surface area contributed by atoms with E-state index in [0.29, 0.717) is 6.42 Å². The number of allylic oxidation sites excluding steroid dienone is 1. The van der Waals surface area contributed by atoms with Crippen LogP contribution >= 0.6 is 0 Å². The van der Waals surface area contributed by atoms with E-state index in [0.717, 1.165) is 0 Å². The summed E-state index contributed by atoms with van der Waals surface area (Å²) in [7, 11) is 0. The predicted molar refractivity (Wildman–Crippen MR) is 60.8 cm³/mol. The van der Waals surface area contributed by atoms with Gasteiger partial charge in [-0.25, -0.2) is 4.79 Å². The minimum Gasteiger partial charge on any atom is -0.462 e. The molecule has 0 aromatic heterocycles. The molecule has 0 spiro atoms. The van der Waals surface area contributed by atoms with E-state index in [1.165, 1.54) is 6.08 Å². The van der Waals surface area contributed by atoms with Crippen LogP contribution in [0.2, 0.25) is 0 Å². The molecule has 0 heterocycles. The van der Waals surface area contributed by atoms with E-state index in [-0.39, 0.29) is 19.2 Å². The molecule has 4 heteroatoms. The molecule has 0 aliphatic carbocycles. The second-order valence-corrected chi connectivity index (χ2v) is 4.04. The Morgan fingerprint density at radius 3 is 2.25 bits per heavy atom. The Labute approximate surface area is 96.6 Å². The monoisotopic (exact) mass is 228 g/mol. The zero-order chi connectivity index (χ0) is 12.6. The third kappa shape index (κ3) is 5.53. The number of rotatable bonds is 6. The Bertz CT molecular complexity index is 266. The van der Waals surface area contributed by atoms with Crippen molar-refractivity contribution in [3.05, 3.63) is 12.2 Å². The second-order valence-electron chi connectivity index (χ2n) is 4.04. The van der Waals surface area contributed by atoms with Crippen molar-refractivity contribution < 1.29 is 19.1 Å². The summed E-state index contributed by atoms with van der Waals surface area (Å²) in [6, 6.07) is 0. The fourth-order valence-electron chi connectivity index (χ4n) is 0.801. The molecule has 0 radical (unpaired) electrons. The SMILES string of the molecule is C/C=C/C(=O)OCCOC(=O)C(C)(C)CC. The zero-order valence-electron chi connectivity index (χ0n) is 10.4. The normalized spacial score (nSPS) is 11.5. The molecule has 0 atom stereocenters. The van der Waals surface area contributed by atoms with Crippen molar-refractivity contribution in [3.8, 4) is 0 Å². The Balaban J connectivity index is 3.75. The topological polar surface area (TPSA) is 52.6 Å². The van der Waals surface area contributed by atoms with Crippen molar-refractivity contribution in [2.45, 2.75) is 34.1 Å². The van der Waals surface area contributed by atoms with E-state index in [4.69, 9.17) is 9.47 Å². The molecule has 0 aliphatic rings. The highest BCUT2D eigenvalue weighted by Crippen LogP contribution is 2.21. The summed E-state index contributed by atoms with van der Waals surface area (Å²) in [5.74, 6) is -0.689. The summed E-state index contributed by atoms with van der Waals surface area (Å²) in [6.45, 7) is 7.49. The maximum Gasteiger partial charge on any atom is 0.330 e. The molecule has 0 N–H and O–H groups in total. The van der Waals surface area contributed by atoms with Gasteiger partial charge in [-0.1, -0.05) is 13.0 Å². The number of hydrogen-bond donors (Lipinski definition) is 0. The fourth-order valence-corrected chi connectivity index (χ4v) is 0.801. The Morgan fingerprint density at radius 1 is 1.19 bits per heavy atom. The number of carbonyl (C=O) groups is 2. The van der Waals surface area contributed by atoms with Crippen LogP contribution in [0.3, 0.4) is 0 Å². The lowest BCUT2D eigenvalue weighted by Crippen LogP contribution is -2.27. The minimum absolute atomic E-state index is 0.0920. The van der Waals surface area contributed by atoms with Crippen LogP contribution in [0.5, 0.6) is 0 Å². The van der Waals surface area contributed by atoms with E-state index in [1.807, 2.05) is 20.8 Å². The zero-order valence-corrected chi connectivity index (χ0v) is 10.4. The largest absolute Gasteiger partial charge is 0.462 e. The predicted octanol–water partition coefficient (Wildman–Crippen LogP) is 2.09. The van der Waals surface area contributed by atoms with Gasteiger partial charge in [0.25, 0.3) is 0 Å². The van der Waals surface area contributed by atoms with E-state index in [1.54, 1.807) is 13.0 Å². The smallest absolute Gasteiger partial charge is 0.330 e. The van der Waals surface area contributed by atoms with Crippen LogP contribution < -0.4 is 0 Å². The van der Waals surface area contributed by atoms with Gasteiger partial charge in [-0.05, 0) is 27.2 Å². The third-order valence-electron chi connectivity index (χ3n) is 2.30. The van der Waals surface area contributed by atoms with Crippen LogP contribution in [0.1, 0.15) is 34.1 Å². The lowest BCUT2D eigenvalue weighted by atomic mass is 9.91. The highest BCUT2D eigenvalue weighted by Gasteiger charge is 2.26. The van der Waals surface area contributed by atoms with Gasteiger partial charge >= 0.3 is 11.9 Å². The van der Waals surface area contributed by atoms with Crippen LogP contribution in [-0.4, -0.2) is 25.2 Å². The Hall–Kier alpha value is -1.32. The molecule has 16 heavy (non-hydrogen) atoms. The third-order valence-corrected chi connectivity index (χ3v) is 2.30. The van der Waals surface area contributed by atoms with Gasteiger partial charge in [0.05, 0.1) is 5.41 Å². The van der Waals surface area contributed by atoms with Crippen LogP contribution in [0.15, 0.2) is 12.2 Å². The van der Waals surface area contributed by atoms with E-state index in [2.05, 4.69) is 0 Å². The summed E-state index contributed by atoms with van der Waals surface area (Å²) in [5.41, 5.74) is -0.479. The first-order valence-electron chi connectivity index (χ1n) is 5.40. The molecular weight excluding hydrogens is 208 g/mol. The highest BCUT2D eigenvalue weighted by atomic mass is 16.6. The summed E-state index contributed by atoms with van der Waals surface area (Å²) >= 11 is 0. The maximum atomic E-state index is 11.5. The van der Waals surface area contributed by atoms with E-state index < -0.39 is 11.4 Å². The molecular formula is C12H20O4. The van der Waals surface area contributed by atoms with E-state index in [9.17, 15) is 9.59 Å². The van der Waals surface area contributed by atoms with Gasteiger partial charge in [0, 0.05) is 6.08 Å². The van der Waals surface area contributed by atoms with Gasteiger partial charge in [-0.15, -0.1) is 0 Å². The second kappa shape index (κ2) is 7.04. The lowest BCUT2D eigenvalue weighted by Gasteiger charge is -2.20. The molecule has 0 saturated carbocycles. The molecule has 0 bridgehead atoms. The summed E-state index contributed by atoms with van der Waals surface area (Å²) < 4.78 is 9.76. The van der Waals surface area contributed by atoms with Crippen molar-refractivity contribution in [2.24, 2.45) is 5.41 Å². The van der Waals surface area contributed by atoms with Crippen LogP contribution in [0.25, 0.3) is 0 Å². The van der Waals surface area contributed by atoms with Gasteiger partial charge in [-0.2, -0.15) is 0 Å². The molecule has 0 unspecified atom stereocenters. The first-order chi connectivity index (χ1) is 7.44. The number of ether oxygens (including phenoxy) is 2. The Kier molecular flexibility index (Phi) is 6.46.